The fourth-order valence-electron chi connectivity index (χ4n) is 3.14. The molecule has 5 nitrogen and oxygen atoms in total. The van der Waals surface area contributed by atoms with Crippen molar-refractivity contribution < 1.29 is 22.7 Å². The van der Waals surface area contributed by atoms with E-state index < -0.39 is 17.8 Å². The zero-order valence-corrected chi connectivity index (χ0v) is 16.0. The highest BCUT2D eigenvalue weighted by atomic mass is 19.4. The normalized spacial score (nSPS) is 15.1. The molecule has 0 aliphatic carbocycles. The van der Waals surface area contributed by atoms with Crippen molar-refractivity contribution in [2.75, 3.05) is 26.3 Å². The van der Waals surface area contributed by atoms with Crippen LogP contribution in [0, 0.1) is 0 Å². The van der Waals surface area contributed by atoms with E-state index >= 15 is 0 Å². The topological polar surface area (TPSA) is 53.6 Å². The minimum Gasteiger partial charge on any atom is -0.379 e. The number of amides is 2. The van der Waals surface area contributed by atoms with E-state index in [0.717, 1.165) is 56.1 Å². The third-order valence-corrected chi connectivity index (χ3v) is 4.66. The molecule has 1 aliphatic rings. The minimum absolute atomic E-state index is 0.0207. The van der Waals surface area contributed by atoms with Crippen molar-refractivity contribution in [2.24, 2.45) is 0 Å². The zero-order valence-electron chi connectivity index (χ0n) is 16.0. The van der Waals surface area contributed by atoms with Crippen LogP contribution in [0.5, 0.6) is 0 Å². The second kappa shape index (κ2) is 9.76. The van der Waals surface area contributed by atoms with Gasteiger partial charge in [0.2, 0.25) is 0 Å². The van der Waals surface area contributed by atoms with Gasteiger partial charge in [-0.05, 0) is 28.8 Å². The Bertz CT molecular complexity index is 821. The lowest BCUT2D eigenvalue weighted by Gasteiger charge is -2.26. The molecule has 0 atom stereocenters. The van der Waals surface area contributed by atoms with Gasteiger partial charge in [-0.3, -0.25) is 4.90 Å². The number of carbonyl (C=O) groups excluding carboxylic acids is 1. The number of alkyl halides is 3. The van der Waals surface area contributed by atoms with E-state index in [9.17, 15) is 18.0 Å². The molecule has 1 heterocycles. The van der Waals surface area contributed by atoms with Crippen LogP contribution in [0.2, 0.25) is 0 Å². The molecule has 1 fully saturated rings. The standard InChI is InChI=1S/C21H24F3N3O2/c22-21(23,24)19-6-2-4-17(12-19)14-26-20(28)25-13-16-3-1-5-18(11-16)15-27-7-9-29-10-8-27/h1-6,11-12H,7-10,13-15H2,(H2,25,26,28). The van der Waals surface area contributed by atoms with Crippen molar-refractivity contribution in [3.63, 3.8) is 0 Å². The van der Waals surface area contributed by atoms with Crippen LogP contribution in [0.25, 0.3) is 0 Å². The number of carbonyl (C=O) groups is 1. The summed E-state index contributed by atoms with van der Waals surface area (Å²) in [6, 6.07) is 12.5. The van der Waals surface area contributed by atoms with E-state index in [4.69, 9.17) is 4.74 Å². The molecular weight excluding hydrogens is 383 g/mol. The maximum atomic E-state index is 12.7. The molecule has 8 heteroatoms. The molecular formula is C21H24F3N3O2. The molecule has 1 aliphatic heterocycles. The van der Waals surface area contributed by atoms with Gasteiger partial charge in [0.05, 0.1) is 18.8 Å². The van der Waals surface area contributed by atoms with Crippen LogP contribution in [0.15, 0.2) is 48.5 Å². The fraction of sp³-hybridized carbons (Fsp3) is 0.381. The van der Waals surface area contributed by atoms with E-state index in [0.29, 0.717) is 12.1 Å². The van der Waals surface area contributed by atoms with Gasteiger partial charge in [0, 0.05) is 32.7 Å². The maximum Gasteiger partial charge on any atom is 0.416 e. The molecule has 0 unspecified atom stereocenters. The van der Waals surface area contributed by atoms with Gasteiger partial charge in [-0.15, -0.1) is 0 Å². The van der Waals surface area contributed by atoms with Crippen molar-refractivity contribution in [1.29, 1.82) is 0 Å². The molecule has 2 aromatic rings. The van der Waals surface area contributed by atoms with Crippen molar-refractivity contribution >= 4 is 6.03 Å². The molecule has 1 saturated heterocycles. The van der Waals surface area contributed by atoms with Gasteiger partial charge in [0.15, 0.2) is 0 Å². The monoisotopic (exact) mass is 407 g/mol. The number of hydrogen-bond donors (Lipinski definition) is 2. The van der Waals surface area contributed by atoms with Crippen molar-refractivity contribution in [2.45, 2.75) is 25.8 Å². The lowest BCUT2D eigenvalue weighted by Crippen LogP contribution is -2.36. The Hall–Kier alpha value is -2.58. The van der Waals surface area contributed by atoms with Crippen LogP contribution in [0.3, 0.4) is 0 Å². The summed E-state index contributed by atoms with van der Waals surface area (Å²) in [6.07, 6.45) is -4.40. The lowest BCUT2D eigenvalue weighted by molar-refractivity contribution is -0.137. The van der Waals surface area contributed by atoms with Gasteiger partial charge in [-0.2, -0.15) is 13.2 Å². The summed E-state index contributed by atoms with van der Waals surface area (Å²) < 4.78 is 43.6. The SMILES string of the molecule is O=C(NCc1cccc(CN2CCOCC2)c1)NCc1cccc(C(F)(F)F)c1. The summed E-state index contributed by atoms with van der Waals surface area (Å²) in [5, 5.41) is 5.33. The number of hydrogen-bond acceptors (Lipinski definition) is 3. The summed E-state index contributed by atoms with van der Waals surface area (Å²) >= 11 is 0. The van der Waals surface area contributed by atoms with Crippen LogP contribution in [0.1, 0.15) is 22.3 Å². The zero-order chi connectivity index (χ0) is 20.7. The highest BCUT2D eigenvalue weighted by molar-refractivity contribution is 5.73. The smallest absolute Gasteiger partial charge is 0.379 e. The maximum absolute atomic E-state index is 12.7. The lowest BCUT2D eigenvalue weighted by atomic mass is 10.1. The van der Waals surface area contributed by atoms with Gasteiger partial charge < -0.3 is 15.4 Å². The molecule has 2 aromatic carbocycles. The molecule has 0 radical (unpaired) electrons. The second-order valence-electron chi connectivity index (χ2n) is 6.94. The number of benzene rings is 2. The molecule has 0 bridgehead atoms. The molecule has 2 amide bonds. The van der Waals surface area contributed by atoms with Gasteiger partial charge in [0.25, 0.3) is 0 Å². The first-order chi connectivity index (χ1) is 13.9. The quantitative estimate of drug-likeness (QED) is 0.770. The second-order valence-corrected chi connectivity index (χ2v) is 6.94. The summed E-state index contributed by atoms with van der Waals surface area (Å²) in [5.74, 6) is 0. The number of nitrogens with one attached hydrogen (secondary N) is 2. The molecule has 0 aromatic heterocycles. The summed E-state index contributed by atoms with van der Waals surface area (Å²) in [4.78, 5) is 14.3. The van der Waals surface area contributed by atoms with Crippen LogP contribution < -0.4 is 10.6 Å². The molecule has 3 rings (SSSR count). The number of nitrogens with zero attached hydrogens (tertiary/aromatic N) is 1. The van der Waals surface area contributed by atoms with Crippen molar-refractivity contribution in [1.82, 2.24) is 15.5 Å². The van der Waals surface area contributed by atoms with Crippen molar-refractivity contribution in [3.05, 3.63) is 70.8 Å². The van der Waals surface area contributed by atoms with Crippen molar-refractivity contribution in [3.8, 4) is 0 Å². The van der Waals surface area contributed by atoms with Crippen LogP contribution in [-0.4, -0.2) is 37.2 Å². The fourth-order valence-corrected chi connectivity index (χ4v) is 3.14. The molecule has 0 saturated carbocycles. The number of halogens is 3. The van der Waals surface area contributed by atoms with E-state index in [2.05, 4.69) is 15.5 Å². The highest BCUT2D eigenvalue weighted by Crippen LogP contribution is 2.29. The summed E-state index contributed by atoms with van der Waals surface area (Å²) in [7, 11) is 0. The highest BCUT2D eigenvalue weighted by Gasteiger charge is 2.30. The molecule has 156 valence electrons. The summed E-state index contributed by atoms with van der Waals surface area (Å²) in [5.41, 5.74) is 1.79. The first-order valence-electron chi connectivity index (χ1n) is 9.46. The van der Waals surface area contributed by atoms with Gasteiger partial charge in [-0.1, -0.05) is 36.4 Å². The number of urea groups is 1. The van der Waals surface area contributed by atoms with Crippen LogP contribution >= 0.6 is 0 Å². The average molecular weight is 407 g/mol. The van der Waals surface area contributed by atoms with Crippen LogP contribution in [0.4, 0.5) is 18.0 Å². The van der Waals surface area contributed by atoms with E-state index in [1.807, 2.05) is 24.3 Å². The van der Waals surface area contributed by atoms with Gasteiger partial charge in [0.1, 0.15) is 0 Å². The minimum atomic E-state index is -4.40. The Kier molecular flexibility index (Phi) is 7.11. The molecule has 2 N–H and O–H groups in total. The third kappa shape index (κ3) is 6.76. The molecule has 0 spiro atoms. The van der Waals surface area contributed by atoms with Gasteiger partial charge >= 0.3 is 12.2 Å². The first-order valence-corrected chi connectivity index (χ1v) is 9.46. The van der Waals surface area contributed by atoms with Gasteiger partial charge in [-0.25, -0.2) is 4.79 Å². The number of ether oxygens (including phenoxy) is 1. The Morgan fingerprint density at radius 2 is 1.52 bits per heavy atom. The predicted molar refractivity (Wildman–Crippen MR) is 103 cm³/mol. The third-order valence-electron chi connectivity index (χ3n) is 4.66. The Morgan fingerprint density at radius 1 is 0.931 bits per heavy atom. The Labute approximate surface area is 167 Å². The average Bonchev–Trinajstić information content (AvgIpc) is 2.71. The van der Waals surface area contributed by atoms with E-state index in [1.54, 1.807) is 6.07 Å². The first kappa shape index (κ1) is 21.1. The Balaban J connectivity index is 1.46. The summed E-state index contributed by atoms with van der Waals surface area (Å²) in [6.45, 7) is 4.48. The van der Waals surface area contributed by atoms with E-state index in [1.165, 1.54) is 6.07 Å². The van der Waals surface area contributed by atoms with E-state index in [-0.39, 0.29) is 6.54 Å². The molecule has 29 heavy (non-hydrogen) atoms. The Morgan fingerprint density at radius 3 is 2.17 bits per heavy atom. The number of rotatable bonds is 6. The van der Waals surface area contributed by atoms with Crippen LogP contribution in [-0.2, 0) is 30.5 Å². The number of morpholine rings is 1. The largest absolute Gasteiger partial charge is 0.416 e. The predicted octanol–water partition coefficient (Wildman–Crippen LogP) is 3.54.